The minimum atomic E-state index is -0.808. The van der Waals surface area contributed by atoms with Crippen LogP contribution in [0.25, 0.3) is 10.6 Å². The predicted molar refractivity (Wildman–Crippen MR) is 143 cm³/mol. The highest BCUT2D eigenvalue weighted by Crippen LogP contribution is 2.31. The molecule has 0 spiro atoms. The van der Waals surface area contributed by atoms with Gasteiger partial charge in [0.1, 0.15) is 11.0 Å². The summed E-state index contributed by atoms with van der Waals surface area (Å²) in [6.45, 7) is 5.75. The first-order chi connectivity index (χ1) is 17.0. The van der Waals surface area contributed by atoms with E-state index in [0.29, 0.717) is 12.8 Å². The summed E-state index contributed by atoms with van der Waals surface area (Å²) in [4.78, 5) is 31.4. The van der Waals surface area contributed by atoms with Gasteiger partial charge in [-0.3, -0.25) is 4.79 Å². The molecule has 0 saturated heterocycles. The Bertz CT molecular complexity index is 1170. The zero-order valence-electron chi connectivity index (χ0n) is 19.8. The highest BCUT2D eigenvalue weighted by molar-refractivity contribution is 7.14. The first kappa shape index (κ1) is 26.1. The Morgan fingerprint density at radius 1 is 1.14 bits per heavy atom. The fourth-order valence-corrected chi connectivity index (χ4v) is 5.14. The van der Waals surface area contributed by atoms with Crippen molar-refractivity contribution in [2.24, 2.45) is 0 Å². The highest BCUT2D eigenvalue weighted by Gasteiger charge is 2.26. The van der Waals surface area contributed by atoms with E-state index in [2.05, 4.69) is 17.2 Å². The number of rotatable bonds is 11. The number of allylic oxidation sites excluding steroid dienone is 4. The van der Waals surface area contributed by atoms with E-state index < -0.39 is 12.1 Å². The van der Waals surface area contributed by atoms with E-state index in [4.69, 9.17) is 9.72 Å². The summed E-state index contributed by atoms with van der Waals surface area (Å²) >= 11 is 3.12. The van der Waals surface area contributed by atoms with Crippen LogP contribution in [-0.4, -0.2) is 30.1 Å². The van der Waals surface area contributed by atoms with Gasteiger partial charge in [-0.2, -0.15) is 0 Å². The lowest BCUT2D eigenvalue weighted by Gasteiger charge is -2.22. The molecule has 0 radical (unpaired) electrons. The number of carbonyl (C=O) groups excluding carboxylic acids is 2. The maximum atomic E-state index is 13.5. The van der Waals surface area contributed by atoms with Crippen molar-refractivity contribution in [3.63, 3.8) is 0 Å². The largest absolute Gasteiger partial charge is 0.453 e. The first-order valence-corrected chi connectivity index (χ1v) is 12.9. The molecule has 2 unspecified atom stereocenters. The number of hydrogen-bond donors (Lipinski definition) is 2. The molecule has 0 aliphatic heterocycles. The quantitative estimate of drug-likeness (QED) is 0.309. The van der Waals surface area contributed by atoms with Crippen LogP contribution in [0.1, 0.15) is 30.0 Å². The van der Waals surface area contributed by atoms with E-state index in [0.717, 1.165) is 26.7 Å². The van der Waals surface area contributed by atoms with Gasteiger partial charge in [0, 0.05) is 11.8 Å². The van der Waals surface area contributed by atoms with Crippen LogP contribution in [0.5, 0.6) is 0 Å². The second-order valence-electron chi connectivity index (χ2n) is 7.67. The first-order valence-electron chi connectivity index (χ1n) is 11.2. The lowest BCUT2D eigenvalue weighted by atomic mass is 10.0. The van der Waals surface area contributed by atoms with Crippen molar-refractivity contribution in [1.29, 1.82) is 0 Å². The van der Waals surface area contributed by atoms with E-state index in [-0.39, 0.29) is 11.9 Å². The number of alkyl carbamates (subject to hydrolysis) is 1. The topological polar surface area (TPSA) is 80.3 Å². The molecule has 0 fully saturated rings. The zero-order chi connectivity index (χ0) is 25.0. The SMILES string of the molecule is C=C/C=C(\C=C/C)CC(NC(=O)C(Cc1ccccc1)NC(=O)OC)c1nc(-c2cccs2)cs1. The summed E-state index contributed by atoms with van der Waals surface area (Å²) in [6.07, 6.45) is 7.78. The van der Waals surface area contributed by atoms with Gasteiger partial charge < -0.3 is 15.4 Å². The molecular weight excluding hydrogens is 478 g/mol. The maximum absolute atomic E-state index is 13.5. The number of ether oxygens (including phenoxy) is 1. The molecule has 2 amide bonds. The van der Waals surface area contributed by atoms with Crippen molar-refractivity contribution in [3.8, 4) is 10.6 Å². The second-order valence-corrected chi connectivity index (χ2v) is 9.51. The Morgan fingerprint density at radius 3 is 2.60 bits per heavy atom. The molecule has 0 bridgehead atoms. The molecule has 2 heterocycles. The number of amides is 2. The van der Waals surface area contributed by atoms with Crippen LogP contribution in [0.4, 0.5) is 4.79 Å². The molecule has 0 aliphatic carbocycles. The minimum absolute atomic E-state index is 0.310. The zero-order valence-corrected chi connectivity index (χ0v) is 21.4. The van der Waals surface area contributed by atoms with Gasteiger partial charge in [0.2, 0.25) is 5.91 Å². The summed E-state index contributed by atoms with van der Waals surface area (Å²) < 4.78 is 4.76. The summed E-state index contributed by atoms with van der Waals surface area (Å²) in [6, 6.07) is 12.4. The molecule has 35 heavy (non-hydrogen) atoms. The number of nitrogens with zero attached hydrogens (tertiary/aromatic N) is 1. The van der Waals surface area contributed by atoms with Crippen LogP contribution in [0, 0.1) is 0 Å². The number of aromatic nitrogens is 1. The summed E-state index contributed by atoms with van der Waals surface area (Å²) in [7, 11) is 1.28. The summed E-state index contributed by atoms with van der Waals surface area (Å²) in [5.41, 5.74) is 2.81. The van der Waals surface area contributed by atoms with Crippen LogP contribution in [0.15, 0.2) is 89.7 Å². The smallest absolute Gasteiger partial charge is 0.407 e. The number of carbonyl (C=O) groups is 2. The van der Waals surface area contributed by atoms with E-state index in [1.807, 2.05) is 78.4 Å². The average Bonchev–Trinajstić information content (AvgIpc) is 3.56. The number of thiophene rings is 1. The normalized spacial score (nSPS) is 13.3. The highest BCUT2D eigenvalue weighted by atomic mass is 32.1. The number of hydrogen-bond acceptors (Lipinski definition) is 6. The molecular formula is C27H29N3O3S2. The molecule has 0 aliphatic rings. The lowest BCUT2D eigenvalue weighted by Crippen LogP contribution is -2.48. The van der Waals surface area contributed by atoms with Crippen molar-refractivity contribution in [2.45, 2.75) is 31.8 Å². The molecule has 1 aromatic carbocycles. The molecule has 0 saturated carbocycles. The van der Waals surface area contributed by atoms with Crippen molar-refractivity contribution < 1.29 is 14.3 Å². The van der Waals surface area contributed by atoms with E-state index in [1.54, 1.807) is 17.4 Å². The van der Waals surface area contributed by atoms with Crippen LogP contribution < -0.4 is 10.6 Å². The predicted octanol–water partition coefficient (Wildman–Crippen LogP) is 6.07. The van der Waals surface area contributed by atoms with Gasteiger partial charge in [0.05, 0.1) is 23.7 Å². The number of benzene rings is 1. The molecule has 3 aromatic rings. The van der Waals surface area contributed by atoms with Gasteiger partial charge in [-0.25, -0.2) is 9.78 Å². The Balaban J connectivity index is 1.88. The van der Waals surface area contributed by atoms with Gasteiger partial charge in [0.25, 0.3) is 0 Å². The van der Waals surface area contributed by atoms with Crippen molar-refractivity contribution in [1.82, 2.24) is 15.6 Å². The maximum Gasteiger partial charge on any atom is 0.407 e. The Morgan fingerprint density at radius 2 is 1.94 bits per heavy atom. The van der Waals surface area contributed by atoms with Crippen molar-refractivity contribution >= 4 is 34.7 Å². The summed E-state index contributed by atoms with van der Waals surface area (Å²) in [5, 5.41) is 10.6. The van der Waals surface area contributed by atoms with Crippen LogP contribution in [0.3, 0.4) is 0 Å². The fraction of sp³-hybridized carbons (Fsp3) is 0.222. The molecule has 2 aromatic heterocycles. The van der Waals surface area contributed by atoms with Gasteiger partial charge >= 0.3 is 6.09 Å². The lowest BCUT2D eigenvalue weighted by molar-refractivity contribution is -0.123. The fourth-order valence-electron chi connectivity index (χ4n) is 3.51. The molecule has 3 rings (SSSR count). The van der Waals surface area contributed by atoms with Crippen LogP contribution >= 0.6 is 22.7 Å². The number of thiazole rings is 1. The monoisotopic (exact) mass is 507 g/mol. The van der Waals surface area contributed by atoms with Gasteiger partial charge in [-0.1, -0.05) is 67.3 Å². The third-order valence-electron chi connectivity index (χ3n) is 5.14. The van der Waals surface area contributed by atoms with E-state index in [1.165, 1.54) is 18.4 Å². The molecule has 8 heteroatoms. The Labute approximate surface area is 214 Å². The molecule has 182 valence electrons. The molecule has 2 atom stereocenters. The van der Waals surface area contributed by atoms with Gasteiger partial charge in [-0.05, 0) is 35.9 Å². The molecule has 6 nitrogen and oxygen atoms in total. The van der Waals surface area contributed by atoms with Crippen molar-refractivity contribution in [2.75, 3.05) is 7.11 Å². The van der Waals surface area contributed by atoms with Gasteiger partial charge in [0.15, 0.2) is 0 Å². The van der Waals surface area contributed by atoms with Gasteiger partial charge in [-0.15, -0.1) is 22.7 Å². The number of nitrogens with one attached hydrogen (secondary N) is 2. The Hall–Kier alpha value is -3.49. The number of methoxy groups -OCH3 is 1. The third-order valence-corrected chi connectivity index (χ3v) is 6.99. The third kappa shape index (κ3) is 7.77. The Kier molecular flexibility index (Phi) is 10.0. The van der Waals surface area contributed by atoms with E-state index >= 15 is 0 Å². The second kappa shape index (κ2) is 13.4. The van der Waals surface area contributed by atoms with Crippen molar-refractivity contribution in [3.05, 3.63) is 100 Å². The minimum Gasteiger partial charge on any atom is -0.453 e. The van der Waals surface area contributed by atoms with Crippen LogP contribution in [0.2, 0.25) is 0 Å². The summed E-state index contributed by atoms with van der Waals surface area (Å²) in [5.74, 6) is -0.310. The average molecular weight is 508 g/mol. The van der Waals surface area contributed by atoms with E-state index in [9.17, 15) is 9.59 Å². The standard InChI is InChI=1S/C27H29N3O3S2/c1-4-10-19(11-5-2)17-22(26-29-23(18-35-26)24-14-9-15-34-24)28-25(31)21(30-27(32)33-3)16-20-12-7-6-8-13-20/h4-15,18,21-22H,1,16-17H2,2-3H3,(H,28,31)(H,30,32)/b11-5-,19-10+. The molecule has 2 N–H and O–H groups in total. The van der Waals surface area contributed by atoms with Crippen LogP contribution in [-0.2, 0) is 16.0 Å².